The Kier molecular flexibility index (Phi) is 4.35. The maximum atomic E-state index is 11.2. The molecule has 4 heteroatoms. The van der Waals surface area contributed by atoms with Gasteiger partial charge in [-0.1, -0.05) is 12.7 Å². The van der Waals surface area contributed by atoms with Gasteiger partial charge < -0.3 is 14.2 Å². The Morgan fingerprint density at radius 2 is 2.36 bits per heavy atom. The van der Waals surface area contributed by atoms with Crippen molar-refractivity contribution >= 4 is 5.97 Å². The van der Waals surface area contributed by atoms with Crippen LogP contribution >= 0.6 is 0 Å². The van der Waals surface area contributed by atoms with Crippen LogP contribution in [-0.2, 0) is 19.0 Å². The zero-order valence-electron chi connectivity index (χ0n) is 8.03. The fourth-order valence-corrected chi connectivity index (χ4v) is 0.873. The van der Waals surface area contributed by atoms with E-state index in [0.717, 1.165) is 0 Å². The zero-order chi connectivity index (χ0) is 10.4. The minimum atomic E-state index is -0.426. The first kappa shape index (κ1) is 10.9. The van der Waals surface area contributed by atoms with Gasteiger partial charge in [0.2, 0.25) is 0 Å². The van der Waals surface area contributed by atoms with E-state index in [9.17, 15) is 4.79 Å². The van der Waals surface area contributed by atoms with E-state index in [-0.39, 0.29) is 12.9 Å². The third kappa shape index (κ3) is 4.20. The van der Waals surface area contributed by atoms with Gasteiger partial charge in [-0.25, -0.2) is 4.79 Å². The van der Waals surface area contributed by atoms with Gasteiger partial charge in [-0.2, -0.15) is 0 Å². The molecule has 4 nitrogen and oxygen atoms in total. The fraction of sp³-hybridized carbons (Fsp3) is 0.500. The van der Waals surface area contributed by atoms with E-state index >= 15 is 0 Å². The molecule has 1 aliphatic rings. The summed E-state index contributed by atoms with van der Waals surface area (Å²) in [4.78, 5) is 11.2. The van der Waals surface area contributed by atoms with Crippen molar-refractivity contribution in [1.82, 2.24) is 0 Å². The molecule has 0 radical (unpaired) electrons. The average Bonchev–Trinajstić information content (AvgIpc) is 2.96. The first-order valence-electron chi connectivity index (χ1n) is 4.39. The van der Waals surface area contributed by atoms with Crippen LogP contribution in [0.3, 0.4) is 0 Å². The lowest BCUT2D eigenvalue weighted by Gasteiger charge is -2.05. The standard InChI is InChI=1S/C10H14O4/c1-3-4-12-7-14-10(11)8(2)5-9-6-13-9/h3,9H,1-2,4-7H2. The molecule has 0 saturated carbocycles. The minimum absolute atomic E-state index is 0.0601. The van der Waals surface area contributed by atoms with E-state index in [1.807, 2.05) is 0 Å². The van der Waals surface area contributed by atoms with Crippen molar-refractivity contribution in [2.24, 2.45) is 0 Å². The molecule has 78 valence electrons. The molecule has 0 N–H and O–H groups in total. The van der Waals surface area contributed by atoms with Gasteiger partial charge in [-0.3, -0.25) is 0 Å². The van der Waals surface area contributed by atoms with Crippen molar-refractivity contribution in [3.63, 3.8) is 0 Å². The second-order valence-electron chi connectivity index (χ2n) is 2.97. The van der Waals surface area contributed by atoms with Crippen LogP contribution in [0.1, 0.15) is 6.42 Å². The lowest BCUT2D eigenvalue weighted by molar-refractivity contribution is -0.150. The SMILES string of the molecule is C=CCOCOC(=O)C(=C)CC1CO1. The predicted octanol–water partition coefficient (Wildman–Crippen LogP) is 1.03. The molecule has 1 rings (SSSR count). The molecule has 0 aromatic carbocycles. The van der Waals surface area contributed by atoms with Gasteiger partial charge in [-0.05, 0) is 0 Å². The lowest BCUT2D eigenvalue weighted by atomic mass is 10.2. The van der Waals surface area contributed by atoms with Gasteiger partial charge in [0.1, 0.15) is 0 Å². The Morgan fingerprint density at radius 1 is 1.64 bits per heavy atom. The summed E-state index contributed by atoms with van der Waals surface area (Å²) in [6.45, 7) is 8.08. The topological polar surface area (TPSA) is 48.1 Å². The third-order valence-corrected chi connectivity index (χ3v) is 1.67. The molecule has 1 saturated heterocycles. The Balaban J connectivity index is 2.06. The summed E-state index contributed by atoms with van der Waals surface area (Å²) in [7, 11) is 0. The quantitative estimate of drug-likeness (QED) is 0.153. The normalized spacial score (nSPS) is 18.7. The van der Waals surface area contributed by atoms with E-state index in [0.29, 0.717) is 25.2 Å². The van der Waals surface area contributed by atoms with Gasteiger partial charge in [-0.15, -0.1) is 6.58 Å². The molecule has 0 aromatic heterocycles. The molecule has 0 aliphatic carbocycles. The van der Waals surface area contributed by atoms with Gasteiger partial charge >= 0.3 is 5.97 Å². The number of esters is 1. The molecular weight excluding hydrogens is 184 g/mol. The maximum absolute atomic E-state index is 11.2. The first-order valence-corrected chi connectivity index (χ1v) is 4.39. The van der Waals surface area contributed by atoms with Gasteiger partial charge in [0.05, 0.1) is 19.3 Å². The highest BCUT2D eigenvalue weighted by Gasteiger charge is 2.25. The summed E-state index contributed by atoms with van der Waals surface area (Å²) < 4.78 is 14.6. The molecule has 1 atom stereocenters. The number of ether oxygens (including phenoxy) is 3. The fourth-order valence-electron chi connectivity index (χ4n) is 0.873. The lowest BCUT2D eigenvalue weighted by Crippen LogP contribution is -2.11. The largest absolute Gasteiger partial charge is 0.435 e. The first-order chi connectivity index (χ1) is 6.74. The number of carbonyl (C=O) groups is 1. The summed E-state index contributed by atoms with van der Waals surface area (Å²) in [5.74, 6) is -0.426. The van der Waals surface area contributed by atoms with Crippen molar-refractivity contribution in [1.29, 1.82) is 0 Å². The van der Waals surface area contributed by atoms with Crippen LogP contribution in [0.2, 0.25) is 0 Å². The maximum Gasteiger partial charge on any atom is 0.335 e. The van der Waals surface area contributed by atoms with Crippen LogP contribution in [0.5, 0.6) is 0 Å². The zero-order valence-corrected chi connectivity index (χ0v) is 8.03. The molecule has 0 amide bonds. The second-order valence-corrected chi connectivity index (χ2v) is 2.97. The average molecular weight is 198 g/mol. The van der Waals surface area contributed by atoms with Crippen LogP contribution in [0.4, 0.5) is 0 Å². The molecule has 0 spiro atoms. The number of carbonyl (C=O) groups excluding carboxylic acids is 1. The molecule has 1 unspecified atom stereocenters. The van der Waals surface area contributed by atoms with Crippen LogP contribution in [0.25, 0.3) is 0 Å². The van der Waals surface area contributed by atoms with Crippen LogP contribution in [0.15, 0.2) is 24.8 Å². The highest BCUT2D eigenvalue weighted by Crippen LogP contribution is 2.18. The van der Waals surface area contributed by atoms with E-state index in [4.69, 9.17) is 14.2 Å². The smallest absolute Gasteiger partial charge is 0.335 e. The molecule has 1 fully saturated rings. The van der Waals surface area contributed by atoms with E-state index in [1.165, 1.54) is 0 Å². The van der Waals surface area contributed by atoms with Crippen LogP contribution in [0, 0.1) is 0 Å². The number of epoxide rings is 1. The molecular formula is C10H14O4. The molecule has 14 heavy (non-hydrogen) atoms. The van der Waals surface area contributed by atoms with Gasteiger partial charge in [0.15, 0.2) is 6.79 Å². The summed E-state index contributed by atoms with van der Waals surface area (Å²) in [5, 5.41) is 0. The molecule has 1 aliphatic heterocycles. The monoisotopic (exact) mass is 198 g/mol. The molecule has 0 bridgehead atoms. The second kappa shape index (κ2) is 5.57. The predicted molar refractivity (Wildman–Crippen MR) is 50.6 cm³/mol. The van der Waals surface area contributed by atoms with Gasteiger partial charge in [0.25, 0.3) is 0 Å². The van der Waals surface area contributed by atoms with Crippen molar-refractivity contribution in [2.45, 2.75) is 12.5 Å². The Hall–Kier alpha value is -1.13. The summed E-state index contributed by atoms with van der Waals surface area (Å²) >= 11 is 0. The third-order valence-electron chi connectivity index (χ3n) is 1.67. The van der Waals surface area contributed by atoms with Crippen molar-refractivity contribution < 1.29 is 19.0 Å². The minimum Gasteiger partial charge on any atom is -0.435 e. The van der Waals surface area contributed by atoms with Crippen molar-refractivity contribution in [3.8, 4) is 0 Å². The highest BCUT2D eigenvalue weighted by molar-refractivity contribution is 5.87. The molecule has 1 heterocycles. The van der Waals surface area contributed by atoms with Crippen molar-refractivity contribution in [2.75, 3.05) is 20.0 Å². The Labute approximate surface area is 83.1 Å². The number of rotatable bonds is 7. The van der Waals surface area contributed by atoms with Crippen molar-refractivity contribution in [3.05, 3.63) is 24.8 Å². The van der Waals surface area contributed by atoms with E-state index < -0.39 is 5.97 Å². The van der Waals surface area contributed by atoms with E-state index in [2.05, 4.69) is 13.2 Å². The van der Waals surface area contributed by atoms with Gasteiger partial charge in [0, 0.05) is 12.0 Å². The summed E-state index contributed by atoms with van der Waals surface area (Å²) in [5.41, 5.74) is 0.426. The highest BCUT2D eigenvalue weighted by atomic mass is 16.7. The molecule has 0 aromatic rings. The summed E-state index contributed by atoms with van der Waals surface area (Å²) in [6, 6.07) is 0. The summed E-state index contributed by atoms with van der Waals surface area (Å²) in [6.07, 6.45) is 2.28. The van der Waals surface area contributed by atoms with E-state index in [1.54, 1.807) is 6.08 Å². The Morgan fingerprint density at radius 3 is 2.93 bits per heavy atom. The number of hydrogen-bond donors (Lipinski definition) is 0. The van der Waals surface area contributed by atoms with Crippen LogP contribution in [-0.4, -0.2) is 32.1 Å². The Bertz CT molecular complexity index is 230. The number of hydrogen-bond acceptors (Lipinski definition) is 4. The van der Waals surface area contributed by atoms with Crippen LogP contribution < -0.4 is 0 Å².